The fraction of sp³-hybridized carbons (Fsp3) is 0.571. The minimum atomic E-state index is -0.723. The molecule has 0 aliphatic carbocycles. The van der Waals surface area contributed by atoms with Crippen LogP contribution in [0.15, 0.2) is 24.3 Å². The van der Waals surface area contributed by atoms with Gasteiger partial charge in [-0.25, -0.2) is 4.79 Å². The summed E-state index contributed by atoms with van der Waals surface area (Å²) in [7, 11) is 3.72. The number of fused-ring (bicyclic) bond motifs is 1. The molecule has 162 valence electrons. The van der Waals surface area contributed by atoms with Crippen LogP contribution in [0.4, 0.5) is 4.79 Å². The molecule has 30 heavy (non-hydrogen) atoms. The van der Waals surface area contributed by atoms with E-state index in [0.29, 0.717) is 32.7 Å². The maximum atomic E-state index is 12.8. The number of benzene rings is 1. The van der Waals surface area contributed by atoms with Gasteiger partial charge < -0.3 is 14.4 Å². The topological polar surface area (TPSA) is 82.6 Å². The van der Waals surface area contributed by atoms with E-state index in [4.69, 9.17) is 9.47 Å². The predicted molar refractivity (Wildman–Crippen MR) is 108 cm³/mol. The Morgan fingerprint density at radius 2 is 1.87 bits per heavy atom. The second-order valence-electron chi connectivity index (χ2n) is 8.27. The van der Waals surface area contributed by atoms with E-state index < -0.39 is 17.8 Å². The van der Waals surface area contributed by atoms with Gasteiger partial charge in [0.2, 0.25) is 0 Å². The van der Waals surface area contributed by atoms with Crippen LogP contribution in [0.3, 0.4) is 0 Å². The second kappa shape index (κ2) is 8.61. The lowest BCUT2D eigenvalue weighted by molar-refractivity contribution is -0.144. The summed E-state index contributed by atoms with van der Waals surface area (Å²) in [5.41, 5.74) is 0. The molecule has 1 aromatic carbocycles. The van der Waals surface area contributed by atoms with Gasteiger partial charge in [-0.2, -0.15) is 0 Å². The summed E-state index contributed by atoms with van der Waals surface area (Å²) < 4.78 is 11.8. The highest BCUT2D eigenvalue weighted by Crippen LogP contribution is 2.31. The molecule has 9 nitrogen and oxygen atoms in total. The van der Waals surface area contributed by atoms with Crippen molar-refractivity contribution in [3.05, 3.63) is 24.3 Å². The van der Waals surface area contributed by atoms with Gasteiger partial charge in [0.05, 0.1) is 6.04 Å². The molecular formula is C21H28N4O5. The van der Waals surface area contributed by atoms with Crippen molar-refractivity contribution >= 4 is 17.8 Å². The molecule has 0 aromatic heterocycles. The highest BCUT2D eigenvalue weighted by atomic mass is 16.6. The fourth-order valence-electron chi connectivity index (χ4n) is 4.19. The van der Waals surface area contributed by atoms with Gasteiger partial charge in [-0.05, 0) is 45.6 Å². The summed E-state index contributed by atoms with van der Waals surface area (Å²) in [5.74, 6) is 0.0422. The minimum Gasteiger partial charge on any atom is -0.486 e. The highest BCUT2D eigenvalue weighted by molar-refractivity contribution is 6.44. The summed E-state index contributed by atoms with van der Waals surface area (Å²) in [6.45, 7) is 3.22. The quantitative estimate of drug-likeness (QED) is 0.497. The van der Waals surface area contributed by atoms with Crippen molar-refractivity contribution in [2.24, 2.45) is 0 Å². The van der Waals surface area contributed by atoms with Crippen LogP contribution < -0.4 is 9.47 Å². The van der Waals surface area contributed by atoms with E-state index in [0.717, 1.165) is 34.3 Å². The van der Waals surface area contributed by atoms with Crippen LogP contribution in [0.1, 0.15) is 12.8 Å². The van der Waals surface area contributed by atoms with Crippen LogP contribution >= 0.6 is 0 Å². The molecule has 3 heterocycles. The molecule has 2 fully saturated rings. The standard InChI is InChI=1S/C21H28N4O5/c1-22(2)10-11-24-19(26)20(27)25(21(24)28)15-6-5-9-23(12-15)13-16-14-29-17-7-3-4-8-18(17)30-16/h3-4,7-8,15-16H,5-6,9-14H2,1-2H3. The normalized spacial score (nSPS) is 24.8. The summed E-state index contributed by atoms with van der Waals surface area (Å²) in [5, 5.41) is 0. The van der Waals surface area contributed by atoms with Gasteiger partial charge in [0.25, 0.3) is 0 Å². The van der Waals surface area contributed by atoms with Crippen molar-refractivity contribution in [3.63, 3.8) is 0 Å². The number of amides is 4. The summed E-state index contributed by atoms with van der Waals surface area (Å²) >= 11 is 0. The lowest BCUT2D eigenvalue weighted by Crippen LogP contribution is -2.53. The maximum absolute atomic E-state index is 12.8. The molecule has 0 N–H and O–H groups in total. The number of carbonyl (C=O) groups excluding carboxylic acids is 3. The predicted octanol–water partition coefficient (Wildman–Crippen LogP) is 0.643. The number of rotatable bonds is 6. The van der Waals surface area contributed by atoms with Crippen LogP contribution in [0, 0.1) is 0 Å². The SMILES string of the molecule is CN(C)CCN1C(=O)C(=O)N(C2CCCN(CC3COc4ccccc4O3)C2)C1=O. The van der Waals surface area contributed by atoms with Crippen molar-refractivity contribution in [1.82, 2.24) is 19.6 Å². The van der Waals surface area contributed by atoms with Crippen molar-refractivity contribution in [2.75, 3.05) is 53.4 Å². The van der Waals surface area contributed by atoms with E-state index in [9.17, 15) is 14.4 Å². The molecule has 2 saturated heterocycles. The van der Waals surface area contributed by atoms with Crippen LogP contribution in [-0.2, 0) is 9.59 Å². The molecule has 2 atom stereocenters. The molecule has 3 aliphatic rings. The van der Waals surface area contributed by atoms with Crippen molar-refractivity contribution in [3.8, 4) is 11.5 Å². The van der Waals surface area contributed by atoms with Crippen LogP contribution in [0.25, 0.3) is 0 Å². The van der Waals surface area contributed by atoms with E-state index in [1.807, 2.05) is 43.3 Å². The third-order valence-corrected chi connectivity index (χ3v) is 5.73. The van der Waals surface area contributed by atoms with Gasteiger partial charge in [-0.3, -0.25) is 24.3 Å². The van der Waals surface area contributed by atoms with Gasteiger partial charge in [-0.1, -0.05) is 12.1 Å². The van der Waals surface area contributed by atoms with Gasteiger partial charge in [-0.15, -0.1) is 0 Å². The third-order valence-electron chi connectivity index (χ3n) is 5.73. The lowest BCUT2D eigenvalue weighted by atomic mass is 10.0. The number of urea groups is 1. The molecule has 0 spiro atoms. The summed E-state index contributed by atoms with van der Waals surface area (Å²) in [4.78, 5) is 44.0. The molecular weight excluding hydrogens is 388 g/mol. The van der Waals surface area contributed by atoms with Crippen LogP contribution in [0.2, 0.25) is 0 Å². The summed E-state index contributed by atoms with van der Waals surface area (Å²) in [6, 6.07) is 6.78. The van der Waals surface area contributed by atoms with E-state index in [1.165, 1.54) is 0 Å². The number of hydrogen-bond donors (Lipinski definition) is 0. The van der Waals surface area contributed by atoms with Gasteiger partial charge in [0, 0.05) is 26.2 Å². The minimum absolute atomic E-state index is 0.123. The largest absolute Gasteiger partial charge is 0.486 e. The van der Waals surface area contributed by atoms with Crippen LogP contribution in [-0.4, -0.2) is 103 Å². The maximum Gasteiger partial charge on any atom is 0.334 e. The number of piperidine rings is 1. The third kappa shape index (κ3) is 4.13. The smallest absolute Gasteiger partial charge is 0.334 e. The molecule has 4 rings (SSSR count). The Morgan fingerprint density at radius 1 is 1.10 bits per heavy atom. The molecule has 9 heteroatoms. The lowest BCUT2D eigenvalue weighted by Gasteiger charge is -2.38. The zero-order chi connectivity index (χ0) is 21.3. The van der Waals surface area contributed by atoms with Crippen molar-refractivity contribution in [1.29, 1.82) is 0 Å². The fourth-order valence-corrected chi connectivity index (χ4v) is 4.19. The Balaban J connectivity index is 1.37. The van der Waals surface area contributed by atoms with Crippen molar-refractivity contribution < 1.29 is 23.9 Å². The van der Waals surface area contributed by atoms with E-state index in [-0.39, 0.29) is 18.7 Å². The van der Waals surface area contributed by atoms with E-state index in [2.05, 4.69) is 4.90 Å². The number of imide groups is 2. The number of carbonyl (C=O) groups is 3. The van der Waals surface area contributed by atoms with Crippen LogP contribution in [0.5, 0.6) is 11.5 Å². The summed E-state index contributed by atoms with van der Waals surface area (Å²) in [6.07, 6.45) is 1.42. The number of para-hydroxylation sites is 2. The zero-order valence-corrected chi connectivity index (χ0v) is 17.5. The second-order valence-corrected chi connectivity index (χ2v) is 8.27. The van der Waals surface area contributed by atoms with E-state index in [1.54, 1.807) is 0 Å². The number of likely N-dealkylation sites (N-methyl/N-ethyl adjacent to an activating group) is 1. The van der Waals surface area contributed by atoms with Gasteiger partial charge in [0.15, 0.2) is 11.5 Å². The monoisotopic (exact) mass is 416 g/mol. The Bertz CT molecular complexity index is 829. The molecule has 2 unspecified atom stereocenters. The Hall–Kier alpha value is -2.65. The van der Waals surface area contributed by atoms with E-state index >= 15 is 0 Å². The Kier molecular flexibility index (Phi) is 5.92. The first-order valence-corrected chi connectivity index (χ1v) is 10.4. The highest BCUT2D eigenvalue weighted by Gasteiger charge is 2.48. The molecule has 0 bridgehead atoms. The average molecular weight is 416 g/mol. The number of likely N-dealkylation sites (tertiary alicyclic amines) is 1. The molecule has 0 radical (unpaired) electrons. The number of ether oxygens (including phenoxy) is 2. The average Bonchev–Trinajstić information content (AvgIpc) is 2.94. The molecule has 4 amide bonds. The first-order chi connectivity index (χ1) is 14.4. The number of nitrogens with zero attached hydrogens (tertiary/aromatic N) is 4. The molecule has 1 aromatic rings. The Morgan fingerprint density at radius 3 is 2.63 bits per heavy atom. The first-order valence-electron chi connectivity index (χ1n) is 10.4. The zero-order valence-electron chi connectivity index (χ0n) is 17.5. The number of hydrogen-bond acceptors (Lipinski definition) is 7. The molecule has 0 saturated carbocycles. The Labute approximate surface area is 176 Å². The van der Waals surface area contributed by atoms with Crippen molar-refractivity contribution in [2.45, 2.75) is 25.0 Å². The van der Waals surface area contributed by atoms with Gasteiger partial charge >= 0.3 is 17.8 Å². The van der Waals surface area contributed by atoms with Gasteiger partial charge in [0.1, 0.15) is 12.7 Å². The first kappa shape index (κ1) is 20.6. The molecule has 3 aliphatic heterocycles.